The van der Waals surface area contributed by atoms with Crippen molar-refractivity contribution in [2.45, 2.75) is 304 Å². The lowest BCUT2D eigenvalue weighted by atomic mass is 9.83. The van der Waals surface area contributed by atoms with Crippen molar-refractivity contribution in [1.82, 2.24) is 5.32 Å². The highest BCUT2D eigenvalue weighted by Crippen LogP contribution is 2.44. The van der Waals surface area contributed by atoms with Gasteiger partial charge in [0.05, 0.1) is 19.1 Å². The third-order valence-electron chi connectivity index (χ3n) is 16.9. The number of nitrogens with one attached hydrogen (secondary N) is 1. The minimum Gasteiger partial charge on any atom is -0.545 e. The van der Waals surface area contributed by atoms with Crippen LogP contribution in [0.5, 0.6) is 0 Å². The Morgan fingerprint density at radius 3 is 1.01 bits per heavy atom. The molecular formula is C73H120N3O4+. The minimum absolute atomic E-state index is 0.0218. The van der Waals surface area contributed by atoms with Gasteiger partial charge >= 0.3 is 0 Å². The number of rotatable bonds is 46. The van der Waals surface area contributed by atoms with Gasteiger partial charge in [0.15, 0.2) is 5.78 Å². The van der Waals surface area contributed by atoms with Gasteiger partial charge in [-0.3, -0.25) is 9.59 Å². The first-order chi connectivity index (χ1) is 39.2. The fourth-order valence-corrected chi connectivity index (χ4v) is 12.0. The number of benzene rings is 5. The van der Waals surface area contributed by atoms with Gasteiger partial charge in [-0.25, -0.2) is 0 Å². The summed E-state index contributed by atoms with van der Waals surface area (Å²) in [6.07, 6.45) is 54.7. The number of fused-ring (bicyclic) bond motifs is 2. The molecule has 7 heteroatoms. The van der Waals surface area contributed by atoms with E-state index >= 15 is 0 Å². The Kier molecular flexibility index (Phi) is 39.9. The predicted molar refractivity (Wildman–Crippen MR) is 346 cm³/mol. The summed E-state index contributed by atoms with van der Waals surface area (Å²) in [5.41, 5.74) is 9.89. The number of aryl methyl sites for hydroxylation is 1. The maximum absolute atomic E-state index is 13.8. The number of hydrogen-bond donors (Lipinski definition) is 3. The number of ketones is 1. The van der Waals surface area contributed by atoms with E-state index in [4.69, 9.17) is 0 Å². The van der Waals surface area contributed by atoms with Crippen molar-refractivity contribution < 1.29 is 31.0 Å². The van der Waals surface area contributed by atoms with Crippen LogP contribution in [-0.4, -0.2) is 37.3 Å². The molecule has 0 aromatic heterocycles. The molecule has 0 saturated heterocycles. The molecule has 0 aliphatic carbocycles. The van der Waals surface area contributed by atoms with E-state index in [1.807, 2.05) is 43.3 Å². The number of unbranched alkanes of at least 4 members (excludes halogenated alkanes) is 37. The normalized spacial score (nSPS) is 11.4. The Balaban J connectivity index is 0.000000531. The van der Waals surface area contributed by atoms with Gasteiger partial charge in [-0.2, -0.15) is 0 Å². The smallest absolute Gasteiger partial charge is 0.251 e. The number of Topliss-reactive ketones (excluding diaryl/α,β-unsaturated/α-hetero) is 1. The zero-order chi connectivity index (χ0) is 57.8. The second-order valence-corrected chi connectivity index (χ2v) is 23.9. The summed E-state index contributed by atoms with van der Waals surface area (Å²) >= 11 is 0. The number of amides is 1. The fraction of sp³-hybridized carbons (Fsp3) is 0.685. The van der Waals surface area contributed by atoms with Crippen LogP contribution in [0.4, 0.5) is 0 Å². The first-order valence-electron chi connectivity index (χ1n) is 34.0. The van der Waals surface area contributed by atoms with Gasteiger partial charge in [-0.15, -0.1) is 0 Å². The lowest BCUT2D eigenvalue weighted by molar-refractivity contribution is -0.368. The summed E-state index contributed by atoms with van der Waals surface area (Å²) in [5, 5.41) is 22.6. The van der Waals surface area contributed by atoms with Crippen molar-refractivity contribution >= 4 is 60.7 Å². The third-order valence-corrected chi connectivity index (χ3v) is 16.9. The van der Waals surface area contributed by atoms with Gasteiger partial charge in [0, 0.05) is 35.0 Å². The van der Waals surface area contributed by atoms with E-state index in [0.717, 1.165) is 88.5 Å². The molecule has 0 fully saturated rings. The Hall–Kier alpha value is -4.07. The molecule has 1 amide bonds. The molecule has 5 aromatic rings. The summed E-state index contributed by atoms with van der Waals surface area (Å²) in [7, 11) is 0. The molecule has 0 saturated carbocycles. The maximum Gasteiger partial charge on any atom is 0.251 e. The molecule has 80 heavy (non-hydrogen) atoms. The first kappa shape index (κ1) is 70.2. The molecule has 450 valence electrons. The van der Waals surface area contributed by atoms with Crippen LogP contribution < -0.4 is 21.9 Å². The quantitative estimate of drug-likeness (QED) is 0.0154. The molecule has 0 atom stereocenters. The van der Waals surface area contributed by atoms with E-state index in [9.17, 15) is 19.5 Å². The summed E-state index contributed by atoms with van der Waals surface area (Å²) in [6.45, 7) is 14.0. The van der Waals surface area contributed by atoms with Gasteiger partial charge in [-0.1, -0.05) is 295 Å². The van der Waals surface area contributed by atoms with E-state index < -0.39 is 5.97 Å². The SMILES string of the molecule is CCCCCCCCCCCCCC(=O)c1ccc2c3ccc(C(=O)NCCCCCCCCCCCC)c4c(C)ccc(c5ccc(C(=O)[O-])c1c52)c43.CCCCCCCCCCCC[NH3+].CCCCCCCCCCCC[NH3+]. The second kappa shape index (κ2) is 45.4. The van der Waals surface area contributed by atoms with E-state index in [0.29, 0.717) is 29.5 Å². The summed E-state index contributed by atoms with van der Waals surface area (Å²) in [6, 6.07) is 15.3. The van der Waals surface area contributed by atoms with Gasteiger partial charge in [0.1, 0.15) is 0 Å². The van der Waals surface area contributed by atoms with Crippen LogP contribution in [-0.2, 0) is 0 Å². The molecule has 7 N–H and O–H groups in total. The molecular weight excluding hydrogens is 983 g/mol. The average Bonchev–Trinajstić information content (AvgIpc) is 3.28. The Morgan fingerprint density at radius 2 is 0.650 bits per heavy atom. The van der Waals surface area contributed by atoms with Crippen LogP contribution in [0.2, 0.25) is 0 Å². The molecule has 0 aliphatic heterocycles. The van der Waals surface area contributed by atoms with Crippen LogP contribution in [0.3, 0.4) is 0 Å². The molecule has 0 unspecified atom stereocenters. The Labute approximate surface area is 489 Å². The summed E-state index contributed by atoms with van der Waals surface area (Å²) in [5.74, 6) is -1.37. The van der Waals surface area contributed by atoms with Gasteiger partial charge < -0.3 is 26.7 Å². The minimum atomic E-state index is -1.28. The van der Waals surface area contributed by atoms with Crippen molar-refractivity contribution in [2.24, 2.45) is 0 Å². The number of carboxylic acids is 1. The van der Waals surface area contributed by atoms with E-state index in [2.05, 4.69) is 50.5 Å². The zero-order valence-electron chi connectivity index (χ0n) is 52.5. The van der Waals surface area contributed by atoms with Crippen molar-refractivity contribution in [1.29, 1.82) is 0 Å². The van der Waals surface area contributed by atoms with Crippen molar-refractivity contribution in [3.63, 3.8) is 0 Å². The topological polar surface area (TPSA) is 142 Å². The van der Waals surface area contributed by atoms with Crippen molar-refractivity contribution in [3.05, 3.63) is 70.8 Å². The van der Waals surface area contributed by atoms with Crippen LogP contribution in [0, 0.1) is 6.92 Å². The van der Waals surface area contributed by atoms with Crippen LogP contribution in [0.1, 0.15) is 334 Å². The molecule has 5 aromatic carbocycles. The highest BCUT2D eigenvalue weighted by molar-refractivity contribution is 6.37. The third kappa shape index (κ3) is 26.4. The molecule has 0 bridgehead atoms. The molecule has 0 aliphatic rings. The van der Waals surface area contributed by atoms with E-state index in [1.165, 1.54) is 231 Å². The first-order valence-corrected chi connectivity index (χ1v) is 34.0. The van der Waals surface area contributed by atoms with Gasteiger partial charge in [0.25, 0.3) is 5.91 Å². The highest BCUT2D eigenvalue weighted by Gasteiger charge is 2.23. The Bertz CT molecular complexity index is 2330. The van der Waals surface area contributed by atoms with E-state index in [-0.39, 0.29) is 17.3 Å². The maximum atomic E-state index is 13.8. The van der Waals surface area contributed by atoms with Crippen LogP contribution in [0.25, 0.3) is 43.1 Å². The average molecular weight is 1100 g/mol. The van der Waals surface area contributed by atoms with Gasteiger partial charge in [0.2, 0.25) is 0 Å². The molecule has 0 heterocycles. The van der Waals surface area contributed by atoms with Crippen molar-refractivity contribution in [3.8, 4) is 0 Å². The zero-order valence-corrected chi connectivity index (χ0v) is 52.5. The monoisotopic (exact) mass is 1100 g/mol. The molecule has 0 radical (unpaired) electrons. The Morgan fingerprint density at radius 1 is 0.350 bits per heavy atom. The highest BCUT2D eigenvalue weighted by atomic mass is 16.4. The predicted octanol–water partition coefficient (Wildman–Crippen LogP) is 19.2. The molecule has 0 spiro atoms. The largest absolute Gasteiger partial charge is 0.545 e. The summed E-state index contributed by atoms with van der Waals surface area (Å²) < 4.78 is 0. The number of hydrogen-bond acceptors (Lipinski definition) is 4. The molecule has 7 nitrogen and oxygen atoms in total. The number of carbonyl (C=O) groups excluding carboxylic acids is 3. The number of carbonyl (C=O) groups is 3. The number of carboxylic acid groups (broad SMARTS) is 1. The number of quaternary nitrogens is 2. The second-order valence-electron chi connectivity index (χ2n) is 23.9. The number of aromatic carboxylic acids is 1. The van der Waals surface area contributed by atoms with Gasteiger partial charge in [-0.05, 0) is 94.8 Å². The van der Waals surface area contributed by atoms with Crippen LogP contribution in [0.15, 0.2) is 48.5 Å². The summed E-state index contributed by atoms with van der Waals surface area (Å²) in [4.78, 5) is 40.0. The lowest BCUT2D eigenvalue weighted by Gasteiger charge is -2.20. The lowest BCUT2D eigenvalue weighted by Crippen LogP contribution is -2.50. The van der Waals surface area contributed by atoms with Crippen molar-refractivity contribution in [2.75, 3.05) is 19.6 Å². The standard InChI is InChI=1S/C49H65NO4.2C12H27N/c1-4-6-8-10-12-14-16-17-19-21-23-25-43(51)40-31-28-38-37-29-32-41(48(52)50-34-24-22-20-18-15-13-11-9-7-5-2)44-35(3)26-27-36(45(37)44)39-30-33-42(49(53)54)47(40)46(38)39;2*1-2-3-4-5-6-7-8-9-10-11-12-13/h26-33H,4-25,34H2,1-3H3,(H,50,52)(H,53,54);2*2-13H2,1H3/p+1. The van der Waals surface area contributed by atoms with E-state index in [1.54, 1.807) is 6.07 Å². The van der Waals surface area contributed by atoms with Crippen LogP contribution >= 0.6 is 0 Å². The molecule has 5 rings (SSSR count). The fourth-order valence-electron chi connectivity index (χ4n) is 12.0.